The molecule has 2 fully saturated rings. The van der Waals surface area contributed by atoms with Crippen LogP contribution in [0.5, 0.6) is 0 Å². The number of nitrogens with one attached hydrogen (secondary N) is 1. The summed E-state index contributed by atoms with van der Waals surface area (Å²) in [4.78, 5) is 16.9. The summed E-state index contributed by atoms with van der Waals surface area (Å²) in [7, 11) is 0. The summed E-state index contributed by atoms with van der Waals surface area (Å²) in [6, 6.07) is 15.2. The van der Waals surface area contributed by atoms with Crippen molar-refractivity contribution in [3.8, 4) is 6.07 Å². The summed E-state index contributed by atoms with van der Waals surface area (Å²) in [5.74, 6) is 1.11. The zero-order valence-electron chi connectivity index (χ0n) is 17.5. The number of aromatic nitrogens is 2. The Bertz CT molecular complexity index is 1180. The van der Waals surface area contributed by atoms with Crippen LogP contribution >= 0.6 is 0 Å². The van der Waals surface area contributed by atoms with E-state index in [0.29, 0.717) is 11.6 Å². The van der Waals surface area contributed by atoms with Crippen molar-refractivity contribution in [3.63, 3.8) is 0 Å². The lowest BCUT2D eigenvalue weighted by Crippen LogP contribution is -2.45. The van der Waals surface area contributed by atoms with Crippen molar-refractivity contribution in [2.75, 3.05) is 55.6 Å². The van der Waals surface area contributed by atoms with Crippen molar-refractivity contribution in [3.05, 3.63) is 59.4 Å². The Labute approximate surface area is 181 Å². The van der Waals surface area contributed by atoms with Crippen LogP contribution in [-0.2, 0) is 6.54 Å². The molecule has 3 aromatic rings. The largest absolute Gasteiger partial charge is 0.368 e. The lowest BCUT2D eigenvalue weighted by Gasteiger charge is -2.39. The summed E-state index contributed by atoms with van der Waals surface area (Å²) >= 11 is 0. The van der Waals surface area contributed by atoms with E-state index in [-0.39, 0.29) is 0 Å². The molecule has 3 aliphatic rings. The molecule has 0 saturated carbocycles. The van der Waals surface area contributed by atoms with Gasteiger partial charge in [-0.3, -0.25) is 9.88 Å². The lowest BCUT2D eigenvalue weighted by atomic mass is 10.0. The number of benzene rings is 1. The van der Waals surface area contributed by atoms with Crippen molar-refractivity contribution in [2.45, 2.75) is 12.6 Å². The second-order valence-electron chi connectivity index (χ2n) is 8.52. The molecule has 7 heteroatoms. The van der Waals surface area contributed by atoms with Gasteiger partial charge in [0.25, 0.3) is 0 Å². The number of piperazine rings is 2. The third-order valence-electron chi connectivity index (χ3n) is 6.85. The van der Waals surface area contributed by atoms with E-state index in [1.54, 1.807) is 6.20 Å². The van der Waals surface area contributed by atoms with Crippen LogP contribution in [0.3, 0.4) is 0 Å². The molecule has 0 radical (unpaired) electrons. The highest BCUT2D eigenvalue weighted by Gasteiger charge is 2.36. The third-order valence-corrected chi connectivity index (χ3v) is 6.85. The molecule has 5 heterocycles. The number of anilines is 2. The molecule has 3 aliphatic heterocycles. The summed E-state index contributed by atoms with van der Waals surface area (Å²) in [5, 5.41) is 13.9. The van der Waals surface area contributed by atoms with Crippen LogP contribution < -0.4 is 15.1 Å². The van der Waals surface area contributed by atoms with E-state index in [0.717, 1.165) is 69.1 Å². The average molecular weight is 412 g/mol. The highest BCUT2D eigenvalue weighted by Crippen LogP contribution is 2.39. The van der Waals surface area contributed by atoms with Gasteiger partial charge in [-0.15, -0.1) is 0 Å². The number of nitriles is 1. The van der Waals surface area contributed by atoms with Crippen molar-refractivity contribution in [1.82, 2.24) is 20.2 Å². The second-order valence-corrected chi connectivity index (χ2v) is 8.52. The molecule has 31 heavy (non-hydrogen) atoms. The first-order chi connectivity index (χ1) is 15.3. The van der Waals surface area contributed by atoms with Crippen LogP contribution in [0.2, 0.25) is 0 Å². The van der Waals surface area contributed by atoms with Crippen LogP contribution in [0.25, 0.3) is 10.9 Å². The molecule has 0 spiro atoms. The number of hydrogen-bond acceptors (Lipinski definition) is 7. The molecule has 0 amide bonds. The van der Waals surface area contributed by atoms with Crippen LogP contribution in [0.15, 0.2) is 42.6 Å². The van der Waals surface area contributed by atoms with E-state index in [1.807, 2.05) is 12.1 Å². The maximum atomic E-state index is 9.46. The van der Waals surface area contributed by atoms with Crippen molar-refractivity contribution in [2.24, 2.45) is 0 Å². The lowest BCUT2D eigenvalue weighted by molar-refractivity contribution is 0.194. The van der Waals surface area contributed by atoms with E-state index >= 15 is 0 Å². The van der Waals surface area contributed by atoms with E-state index in [1.165, 1.54) is 16.9 Å². The Morgan fingerprint density at radius 2 is 1.90 bits per heavy atom. The molecule has 6 rings (SSSR count). The minimum absolute atomic E-state index is 0.357. The predicted octanol–water partition coefficient (Wildman–Crippen LogP) is 2.29. The number of pyridine rings is 2. The molecule has 2 aromatic heterocycles. The molecule has 1 N–H and O–H groups in total. The van der Waals surface area contributed by atoms with E-state index in [4.69, 9.17) is 4.98 Å². The summed E-state index contributed by atoms with van der Waals surface area (Å²) in [6.07, 6.45) is 1.76. The van der Waals surface area contributed by atoms with Gasteiger partial charge in [0.05, 0.1) is 22.8 Å². The Balaban J connectivity index is 1.30. The summed E-state index contributed by atoms with van der Waals surface area (Å²) < 4.78 is 0. The molecule has 1 atom stereocenters. The molecule has 1 aromatic carbocycles. The first-order valence-electron chi connectivity index (χ1n) is 11.0. The fourth-order valence-corrected chi connectivity index (χ4v) is 5.24. The Kier molecular flexibility index (Phi) is 4.48. The fraction of sp³-hybridized carbons (Fsp3) is 0.375. The number of nitrogens with zero attached hydrogens (tertiary/aromatic N) is 6. The van der Waals surface area contributed by atoms with Crippen LogP contribution in [0.4, 0.5) is 11.5 Å². The zero-order chi connectivity index (χ0) is 20.8. The number of hydrogen-bond donors (Lipinski definition) is 1. The average Bonchev–Trinajstić information content (AvgIpc) is 3.21. The monoisotopic (exact) mass is 411 g/mol. The van der Waals surface area contributed by atoms with Gasteiger partial charge in [-0.2, -0.15) is 5.26 Å². The van der Waals surface area contributed by atoms with Crippen LogP contribution in [0, 0.1) is 11.3 Å². The fourth-order valence-electron chi connectivity index (χ4n) is 5.24. The minimum atomic E-state index is 0.357. The van der Waals surface area contributed by atoms with E-state index in [9.17, 15) is 5.26 Å². The predicted molar refractivity (Wildman–Crippen MR) is 121 cm³/mol. The Morgan fingerprint density at radius 1 is 1.00 bits per heavy atom. The molecule has 0 aliphatic carbocycles. The standard InChI is InChI=1S/C24H25N7/c25-14-17-3-5-21(19-2-1-7-27-24(17)19)31-13-12-30-15-20-18(22(30)16-31)4-6-23(28-20)29-10-8-26-9-11-29/h1-7,22,26H,8-13,15-16H2. The number of rotatable bonds is 2. The van der Waals surface area contributed by atoms with Crippen molar-refractivity contribution in [1.29, 1.82) is 5.26 Å². The van der Waals surface area contributed by atoms with Crippen molar-refractivity contribution >= 4 is 22.4 Å². The summed E-state index contributed by atoms with van der Waals surface area (Å²) in [6.45, 7) is 7.92. The first kappa shape index (κ1) is 18.6. The van der Waals surface area contributed by atoms with E-state index in [2.05, 4.69) is 55.3 Å². The van der Waals surface area contributed by atoms with Gasteiger partial charge in [0.1, 0.15) is 11.9 Å². The molecular weight excluding hydrogens is 386 g/mol. The second kappa shape index (κ2) is 7.49. The smallest absolute Gasteiger partial charge is 0.128 e. The SMILES string of the molecule is N#Cc1ccc(N2CCN3Cc4nc(N5CCNCC5)ccc4C3C2)c2cccnc12. The molecule has 2 saturated heterocycles. The topological polar surface area (TPSA) is 71.3 Å². The Hall–Kier alpha value is -3.21. The third kappa shape index (κ3) is 3.11. The highest BCUT2D eigenvalue weighted by molar-refractivity contribution is 5.95. The van der Waals surface area contributed by atoms with E-state index < -0.39 is 0 Å². The first-order valence-corrected chi connectivity index (χ1v) is 11.0. The van der Waals surface area contributed by atoms with Gasteiger partial charge < -0.3 is 15.1 Å². The highest BCUT2D eigenvalue weighted by atomic mass is 15.3. The number of fused-ring (bicyclic) bond motifs is 4. The molecule has 1 unspecified atom stereocenters. The van der Waals surface area contributed by atoms with Gasteiger partial charge >= 0.3 is 0 Å². The van der Waals surface area contributed by atoms with Crippen LogP contribution in [0.1, 0.15) is 22.9 Å². The summed E-state index contributed by atoms with van der Waals surface area (Å²) in [5.41, 5.74) is 5.18. The van der Waals surface area contributed by atoms with Gasteiger partial charge in [-0.25, -0.2) is 4.98 Å². The van der Waals surface area contributed by atoms with Crippen molar-refractivity contribution < 1.29 is 0 Å². The van der Waals surface area contributed by atoms with Gasteiger partial charge in [-0.1, -0.05) is 6.07 Å². The van der Waals surface area contributed by atoms with Gasteiger partial charge in [0, 0.05) is 69.6 Å². The maximum Gasteiger partial charge on any atom is 0.128 e. The van der Waals surface area contributed by atoms with Gasteiger partial charge in [0.2, 0.25) is 0 Å². The Morgan fingerprint density at radius 3 is 2.77 bits per heavy atom. The zero-order valence-corrected chi connectivity index (χ0v) is 17.5. The molecule has 7 nitrogen and oxygen atoms in total. The maximum absolute atomic E-state index is 9.46. The molecular formula is C24H25N7. The van der Waals surface area contributed by atoms with Gasteiger partial charge in [-0.05, 0) is 35.9 Å². The molecule has 0 bridgehead atoms. The van der Waals surface area contributed by atoms with Crippen LogP contribution in [-0.4, -0.2) is 60.7 Å². The molecule has 156 valence electrons. The quantitative estimate of drug-likeness (QED) is 0.694. The van der Waals surface area contributed by atoms with Gasteiger partial charge in [0.15, 0.2) is 0 Å². The minimum Gasteiger partial charge on any atom is -0.368 e. The normalized spacial score (nSPS) is 21.1.